The number of hydrogen-bond acceptors (Lipinski definition) is 5. The Balaban J connectivity index is 2.41. The van der Waals surface area contributed by atoms with E-state index in [1.165, 1.54) is 0 Å². The predicted octanol–water partition coefficient (Wildman–Crippen LogP) is 1.46. The molecule has 0 aromatic heterocycles. The lowest BCUT2D eigenvalue weighted by atomic mass is 10.2. The van der Waals surface area contributed by atoms with Crippen molar-refractivity contribution in [2.24, 2.45) is 0 Å². The molecule has 0 aliphatic rings. The molecule has 6 heteroatoms. The molecular weight excluding hydrogens is 268 g/mol. The summed E-state index contributed by atoms with van der Waals surface area (Å²) in [5, 5.41) is 11.4. The van der Waals surface area contributed by atoms with Crippen molar-refractivity contribution in [1.29, 1.82) is 5.26 Å². The molecule has 0 saturated carbocycles. The third-order valence-corrected chi connectivity index (χ3v) is 3.04. The van der Waals surface area contributed by atoms with Crippen LogP contribution in [0, 0.1) is 11.3 Å². The minimum absolute atomic E-state index is 0.0905. The zero-order valence-electron chi connectivity index (χ0n) is 12.3. The Bertz CT molecular complexity index is 485. The second kappa shape index (κ2) is 9.75. The molecule has 0 bridgehead atoms. The average molecular weight is 290 g/mol. The fraction of sp³-hybridized carbons (Fsp3) is 0.467. The van der Waals surface area contributed by atoms with Crippen molar-refractivity contribution in [3.8, 4) is 6.07 Å². The molecule has 0 fully saturated rings. The van der Waals surface area contributed by atoms with E-state index in [1.807, 2.05) is 17.0 Å². The fourth-order valence-electron chi connectivity index (χ4n) is 1.85. The molecule has 0 atom stereocenters. The van der Waals surface area contributed by atoms with Crippen LogP contribution in [0.5, 0.6) is 0 Å². The molecule has 1 aromatic carbocycles. The summed E-state index contributed by atoms with van der Waals surface area (Å²) in [4.78, 5) is 14.0. The molecule has 3 N–H and O–H groups in total. The van der Waals surface area contributed by atoms with E-state index in [0.717, 1.165) is 0 Å². The Hall–Kier alpha value is -2.10. The standard InChI is InChI=1S/C15H22N4O2/c1-21-12-11-19(9-4-8-16)10-7-15(20)18-14-6-3-2-5-13(14)17/h2-3,5-6H,4,7,9-12,17H2,1H3,(H,18,20). The molecule has 1 amide bonds. The van der Waals surface area contributed by atoms with Crippen molar-refractivity contribution < 1.29 is 9.53 Å². The Morgan fingerprint density at radius 1 is 1.38 bits per heavy atom. The zero-order chi connectivity index (χ0) is 15.5. The number of hydrogen-bond donors (Lipinski definition) is 2. The summed E-state index contributed by atoms with van der Waals surface area (Å²) in [6.45, 7) is 2.52. The first kappa shape index (κ1) is 17.0. The summed E-state index contributed by atoms with van der Waals surface area (Å²) in [6.07, 6.45) is 0.792. The molecule has 6 nitrogen and oxygen atoms in total. The van der Waals surface area contributed by atoms with Gasteiger partial charge in [-0.15, -0.1) is 0 Å². The number of carbonyl (C=O) groups is 1. The van der Waals surface area contributed by atoms with Gasteiger partial charge in [-0.2, -0.15) is 5.26 Å². The van der Waals surface area contributed by atoms with Gasteiger partial charge in [-0.3, -0.25) is 9.69 Å². The average Bonchev–Trinajstić information content (AvgIpc) is 2.49. The number of carbonyl (C=O) groups excluding carboxylic acids is 1. The third-order valence-electron chi connectivity index (χ3n) is 3.04. The van der Waals surface area contributed by atoms with Crippen molar-refractivity contribution in [2.45, 2.75) is 12.8 Å². The third kappa shape index (κ3) is 6.75. The molecule has 1 rings (SSSR count). The van der Waals surface area contributed by atoms with Crippen LogP contribution in [0.3, 0.4) is 0 Å². The van der Waals surface area contributed by atoms with Gasteiger partial charge in [0.25, 0.3) is 0 Å². The number of ether oxygens (including phenoxy) is 1. The Labute approximate surface area is 125 Å². The quantitative estimate of drug-likeness (QED) is 0.672. The van der Waals surface area contributed by atoms with Gasteiger partial charge < -0.3 is 15.8 Å². The summed E-state index contributed by atoms with van der Waals surface area (Å²) >= 11 is 0. The van der Waals surface area contributed by atoms with E-state index in [9.17, 15) is 4.79 Å². The number of benzene rings is 1. The maximum atomic E-state index is 11.9. The summed E-state index contributed by atoms with van der Waals surface area (Å²) in [5.41, 5.74) is 6.95. The molecule has 0 radical (unpaired) electrons. The SMILES string of the molecule is COCCN(CCC#N)CCC(=O)Nc1ccccc1N. The number of amides is 1. The highest BCUT2D eigenvalue weighted by atomic mass is 16.5. The van der Waals surface area contributed by atoms with Gasteiger partial charge in [-0.05, 0) is 12.1 Å². The van der Waals surface area contributed by atoms with Crippen LogP contribution in [0.1, 0.15) is 12.8 Å². The van der Waals surface area contributed by atoms with Crippen molar-refractivity contribution in [3.63, 3.8) is 0 Å². The predicted molar refractivity (Wildman–Crippen MR) is 82.6 cm³/mol. The van der Waals surface area contributed by atoms with Gasteiger partial charge in [0.15, 0.2) is 0 Å². The molecule has 1 aromatic rings. The minimum Gasteiger partial charge on any atom is -0.397 e. The topological polar surface area (TPSA) is 91.4 Å². The molecule has 0 aliphatic heterocycles. The number of nitrogens with zero attached hydrogens (tertiary/aromatic N) is 2. The zero-order valence-corrected chi connectivity index (χ0v) is 12.3. The van der Waals surface area contributed by atoms with E-state index >= 15 is 0 Å². The molecule has 0 heterocycles. The smallest absolute Gasteiger partial charge is 0.225 e. The first-order valence-corrected chi connectivity index (χ1v) is 6.90. The van der Waals surface area contributed by atoms with Crippen LogP contribution in [0.4, 0.5) is 11.4 Å². The Kier molecular flexibility index (Phi) is 7.87. The number of nitrogens with one attached hydrogen (secondary N) is 1. The maximum absolute atomic E-state index is 11.9. The van der Waals surface area contributed by atoms with Crippen LogP contribution >= 0.6 is 0 Å². The minimum atomic E-state index is -0.0905. The lowest BCUT2D eigenvalue weighted by molar-refractivity contribution is -0.116. The second-order valence-corrected chi connectivity index (χ2v) is 4.63. The van der Waals surface area contributed by atoms with Crippen molar-refractivity contribution in [3.05, 3.63) is 24.3 Å². The second-order valence-electron chi connectivity index (χ2n) is 4.63. The van der Waals surface area contributed by atoms with Gasteiger partial charge in [0.1, 0.15) is 0 Å². The number of nitriles is 1. The largest absolute Gasteiger partial charge is 0.397 e. The molecular formula is C15H22N4O2. The molecule has 114 valence electrons. The van der Waals surface area contributed by atoms with E-state index in [0.29, 0.717) is 50.5 Å². The van der Waals surface area contributed by atoms with Crippen LogP contribution in [0.25, 0.3) is 0 Å². The monoisotopic (exact) mass is 290 g/mol. The number of methoxy groups -OCH3 is 1. The van der Waals surface area contributed by atoms with Gasteiger partial charge in [-0.25, -0.2) is 0 Å². The molecule has 21 heavy (non-hydrogen) atoms. The highest BCUT2D eigenvalue weighted by molar-refractivity contribution is 5.93. The molecule has 0 spiro atoms. The summed E-state index contributed by atoms with van der Waals surface area (Å²) < 4.78 is 5.03. The number of rotatable bonds is 9. The summed E-state index contributed by atoms with van der Waals surface area (Å²) in [7, 11) is 1.63. The number of nitrogens with two attached hydrogens (primary N) is 1. The van der Waals surface area contributed by atoms with E-state index in [2.05, 4.69) is 11.4 Å². The van der Waals surface area contributed by atoms with Crippen molar-refractivity contribution >= 4 is 17.3 Å². The van der Waals surface area contributed by atoms with E-state index < -0.39 is 0 Å². The van der Waals surface area contributed by atoms with E-state index in [4.69, 9.17) is 15.7 Å². The highest BCUT2D eigenvalue weighted by Gasteiger charge is 2.09. The Morgan fingerprint density at radius 2 is 2.14 bits per heavy atom. The molecule has 0 saturated heterocycles. The van der Waals surface area contributed by atoms with Gasteiger partial charge in [-0.1, -0.05) is 12.1 Å². The van der Waals surface area contributed by atoms with Crippen LogP contribution in [0.15, 0.2) is 24.3 Å². The van der Waals surface area contributed by atoms with Crippen molar-refractivity contribution in [1.82, 2.24) is 4.90 Å². The first-order chi connectivity index (χ1) is 10.2. The van der Waals surface area contributed by atoms with Gasteiger partial charge in [0.2, 0.25) is 5.91 Å². The van der Waals surface area contributed by atoms with Gasteiger partial charge in [0.05, 0.1) is 24.1 Å². The van der Waals surface area contributed by atoms with Crippen LogP contribution in [0.2, 0.25) is 0 Å². The molecule has 0 unspecified atom stereocenters. The van der Waals surface area contributed by atoms with Crippen LogP contribution in [-0.2, 0) is 9.53 Å². The lowest BCUT2D eigenvalue weighted by Crippen LogP contribution is -2.31. The number of nitrogen functional groups attached to an aromatic ring is 1. The van der Waals surface area contributed by atoms with Crippen LogP contribution < -0.4 is 11.1 Å². The number of para-hydroxylation sites is 2. The fourth-order valence-corrected chi connectivity index (χ4v) is 1.85. The summed E-state index contributed by atoms with van der Waals surface area (Å²) in [5.74, 6) is -0.0905. The van der Waals surface area contributed by atoms with E-state index in [-0.39, 0.29) is 5.91 Å². The molecule has 0 aliphatic carbocycles. The van der Waals surface area contributed by atoms with Crippen molar-refractivity contribution in [2.75, 3.05) is 44.4 Å². The van der Waals surface area contributed by atoms with Gasteiger partial charge >= 0.3 is 0 Å². The number of anilines is 2. The normalized spacial score (nSPS) is 10.3. The lowest BCUT2D eigenvalue weighted by Gasteiger charge is -2.20. The van der Waals surface area contributed by atoms with Crippen LogP contribution in [-0.4, -0.2) is 44.2 Å². The highest BCUT2D eigenvalue weighted by Crippen LogP contribution is 2.16. The summed E-state index contributed by atoms with van der Waals surface area (Å²) in [6, 6.07) is 9.26. The van der Waals surface area contributed by atoms with Gasteiger partial charge in [0, 0.05) is 39.6 Å². The maximum Gasteiger partial charge on any atom is 0.225 e. The van der Waals surface area contributed by atoms with E-state index in [1.54, 1.807) is 19.2 Å². The Morgan fingerprint density at radius 3 is 2.81 bits per heavy atom. The first-order valence-electron chi connectivity index (χ1n) is 6.90.